The Balaban J connectivity index is 1.41. The molecular weight excluding hydrogens is 446 g/mol. The van der Waals surface area contributed by atoms with Gasteiger partial charge in [-0.25, -0.2) is 4.79 Å². The summed E-state index contributed by atoms with van der Waals surface area (Å²) in [4.78, 5) is 25.4. The van der Waals surface area contributed by atoms with Gasteiger partial charge in [-0.1, -0.05) is 24.3 Å². The Morgan fingerprint density at radius 1 is 0.914 bits per heavy atom. The zero-order chi connectivity index (χ0) is 24.6. The molecule has 0 spiro atoms. The molecule has 0 saturated heterocycles. The standard InChI is InChI=1S/C26H29N5O4/c27-13-3-6-21(31-26(33)29-19-11-12-23-24(16-19)35-15-14-34-23)17-7-9-18(10-8-17)25(32)30-22-5-2-1-4-20(22)28/h1-2,4-5,7-12,16,21H,3,6,13-15,27-28H2,(H,30,32)(H2,29,31,33). The molecule has 0 radical (unpaired) electrons. The molecule has 0 saturated carbocycles. The van der Waals surface area contributed by atoms with E-state index < -0.39 is 0 Å². The molecule has 4 rings (SSSR count). The maximum absolute atomic E-state index is 12.7. The van der Waals surface area contributed by atoms with Crippen molar-refractivity contribution in [1.29, 1.82) is 0 Å². The molecule has 9 heteroatoms. The second-order valence-corrected chi connectivity index (χ2v) is 8.10. The number of para-hydroxylation sites is 2. The van der Waals surface area contributed by atoms with E-state index in [0.717, 1.165) is 12.0 Å². The first-order valence-electron chi connectivity index (χ1n) is 11.5. The summed E-state index contributed by atoms with van der Waals surface area (Å²) < 4.78 is 11.1. The molecule has 1 aliphatic rings. The fourth-order valence-electron chi connectivity index (χ4n) is 3.76. The zero-order valence-corrected chi connectivity index (χ0v) is 19.3. The van der Waals surface area contributed by atoms with Crippen molar-refractivity contribution in [3.8, 4) is 11.5 Å². The molecule has 182 valence electrons. The van der Waals surface area contributed by atoms with Crippen molar-refractivity contribution in [2.45, 2.75) is 18.9 Å². The highest BCUT2D eigenvalue weighted by atomic mass is 16.6. The Bertz CT molecular complexity index is 1180. The predicted molar refractivity (Wildman–Crippen MR) is 136 cm³/mol. The first-order chi connectivity index (χ1) is 17.0. The summed E-state index contributed by atoms with van der Waals surface area (Å²) in [6, 6.07) is 18.8. The molecule has 0 fully saturated rings. The minimum Gasteiger partial charge on any atom is -0.486 e. The lowest BCUT2D eigenvalue weighted by Crippen LogP contribution is -2.33. The predicted octanol–water partition coefficient (Wildman–Crippen LogP) is 3.89. The number of urea groups is 1. The minimum atomic E-state index is -0.356. The van der Waals surface area contributed by atoms with Gasteiger partial charge in [0.2, 0.25) is 0 Å². The van der Waals surface area contributed by atoms with E-state index >= 15 is 0 Å². The number of nitrogens with two attached hydrogens (primary N) is 2. The van der Waals surface area contributed by atoms with E-state index in [1.54, 1.807) is 54.6 Å². The molecule has 3 aromatic carbocycles. The van der Waals surface area contributed by atoms with Crippen molar-refractivity contribution in [1.82, 2.24) is 5.32 Å². The monoisotopic (exact) mass is 475 g/mol. The van der Waals surface area contributed by atoms with Gasteiger partial charge >= 0.3 is 6.03 Å². The van der Waals surface area contributed by atoms with Gasteiger partial charge in [-0.15, -0.1) is 0 Å². The van der Waals surface area contributed by atoms with Crippen LogP contribution in [0.15, 0.2) is 66.7 Å². The fourth-order valence-corrected chi connectivity index (χ4v) is 3.76. The molecule has 1 aliphatic heterocycles. The summed E-state index contributed by atoms with van der Waals surface area (Å²) in [5.74, 6) is 0.985. The van der Waals surface area contributed by atoms with Crippen LogP contribution in [0.1, 0.15) is 34.8 Å². The van der Waals surface area contributed by atoms with Crippen LogP contribution >= 0.6 is 0 Å². The number of benzene rings is 3. The molecule has 3 aromatic rings. The lowest BCUT2D eigenvalue weighted by atomic mass is 10.0. The molecule has 7 N–H and O–H groups in total. The van der Waals surface area contributed by atoms with Gasteiger partial charge in [0.1, 0.15) is 13.2 Å². The van der Waals surface area contributed by atoms with Gasteiger partial charge in [0.15, 0.2) is 11.5 Å². The number of rotatable bonds is 8. The third-order valence-electron chi connectivity index (χ3n) is 5.59. The second-order valence-electron chi connectivity index (χ2n) is 8.10. The highest BCUT2D eigenvalue weighted by molar-refractivity contribution is 6.05. The zero-order valence-electron chi connectivity index (χ0n) is 19.3. The lowest BCUT2D eigenvalue weighted by molar-refractivity contribution is 0.102. The fraction of sp³-hybridized carbons (Fsp3) is 0.231. The Hall–Kier alpha value is -4.24. The quantitative estimate of drug-likeness (QED) is 0.313. The van der Waals surface area contributed by atoms with E-state index in [9.17, 15) is 9.59 Å². The van der Waals surface area contributed by atoms with E-state index in [-0.39, 0.29) is 18.0 Å². The summed E-state index contributed by atoms with van der Waals surface area (Å²) in [5.41, 5.74) is 14.6. The van der Waals surface area contributed by atoms with Crippen molar-refractivity contribution in [2.75, 3.05) is 36.1 Å². The number of ether oxygens (including phenoxy) is 2. The molecule has 1 atom stereocenters. The van der Waals surface area contributed by atoms with Crippen LogP contribution < -0.4 is 36.9 Å². The third kappa shape index (κ3) is 6.21. The Morgan fingerprint density at radius 3 is 2.40 bits per heavy atom. The summed E-state index contributed by atoms with van der Waals surface area (Å²) in [5, 5.41) is 8.65. The molecule has 1 unspecified atom stereocenters. The van der Waals surface area contributed by atoms with Crippen molar-refractivity contribution in [3.05, 3.63) is 77.9 Å². The van der Waals surface area contributed by atoms with Crippen LogP contribution in [0.2, 0.25) is 0 Å². The molecule has 3 amide bonds. The summed E-state index contributed by atoms with van der Waals surface area (Å²) in [7, 11) is 0. The molecule has 0 bridgehead atoms. The van der Waals surface area contributed by atoms with Gasteiger partial charge in [0.05, 0.1) is 17.4 Å². The highest BCUT2D eigenvalue weighted by Crippen LogP contribution is 2.32. The number of anilines is 3. The number of carbonyl (C=O) groups excluding carboxylic acids is 2. The smallest absolute Gasteiger partial charge is 0.319 e. The first-order valence-corrected chi connectivity index (χ1v) is 11.5. The van der Waals surface area contributed by atoms with Crippen LogP contribution in [-0.4, -0.2) is 31.7 Å². The molecule has 0 aromatic heterocycles. The number of fused-ring (bicyclic) bond motifs is 1. The summed E-state index contributed by atoms with van der Waals surface area (Å²) in [6.07, 6.45) is 1.38. The van der Waals surface area contributed by atoms with E-state index in [0.29, 0.717) is 60.3 Å². The number of hydrogen-bond acceptors (Lipinski definition) is 6. The molecular formula is C26H29N5O4. The highest BCUT2D eigenvalue weighted by Gasteiger charge is 2.17. The number of amides is 3. The maximum Gasteiger partial charge on any atom is 0.319 e. The second kappa shape index (κ2) is 11.3. The number of carbonyl (C=O) groups is 2. The summed E-state index contributed by atoms with van der Waals surface area (Å²) in [6.45, 7) is 1.47. The molecule has 9 nitrogen and oxygen atoms in total. The van der Waals surface area contributed by atoms with E-state index in [4.69, 9.17) is 20.9 Å². The maximum atomic E-state index is 12.7. The van der Waals surface area contributed by atoms with Gasteiger partial charge in [0, 0.05) is 17.3 Å². The Morgan fingerprint density at radius 2 is 1.66 bits per heavy atom. The van der Waals surface area contributed by atoms with E-state index in [1.807, 2.05) is 12.1 Å². The van der Waals surface area contributed by atoms with Gasteiger partial charge < -0.3 is 36.9 Å². The van der Waals surface area contributed by atoms with Gasteiger partial charge in [-0.05, 0) is 61.3 Å². The van der Waals surface area contributed by atoms with Gasteiger partial charge in [-0.2, -0.15) is 0 Å². The minimum absolute atomic E-state index is 0.266. The van der Waals surface area contributed by atoms with Crippen LogP contribution in [0.3, 0.4) is 0 Å². The van der Waals surface area contributed by atoms with Crippen LogP contribution in [0.25, 0.3) is 0 Å². The molecule has 0 aliphatic carbocycles. The van der Waals surface area contributed by atoms with Crippen LogP contribution in [-0.2, 0) is 0 Å². The van der Waals surface area contributed by atoms with Crippen LogP contribution in [0.5, 0.6) is 11.5 Å². The van der Waals surface area contributed by atoms with Crippen LogP contribution in [0, 0.1) is 0 Å². The van der Waals surface area contributed by atoms with E-state index in [2.05, 4.69) is 16.0 Å². The SMILES string of the molecule is NCCCC(NC(=O)Nc1ccc2c(c1)OCCO2)c1ccc(C(=O)Nc2ccccc2N)cc1. The van der Waals surface area contributed by atoms with Crippen LogP contribution in [0.4, 0.5) is 21.9 Å². The number of hydrogen-bond donors (Lipinski definition) is 5. The lowest BCUT2D eigenvalue weighted by Gasteiger charge is -2.21. The first kappa shape index (κ1) is 23.9. The molecule has 1 heterocycles. The summed E-state index contributed by atoms with van der Waals surface area (Å²) >= 11 is 0. The average molecular weight is 476 g/mol. The number of nitrogens with one attached hydrogen (secondary N) is 3. The van der Waals surface area contributed by atoms with Crippen molar-refractivity contribution in [2.24, 2.45) is 5.73 Å². The number of nitrogen functional groups attached to an aromatic ring is 1. The van der Waals surface area contributed by atoms with E-state index in [1.165, 1.54) is 0 Å². The van der Waals surface area contributed by atoms with Crippen molar-refractivity contribution >= 4 is 29.0 Å². The van der Waals surface area contributed by atoms with Crippen molar-refractivity contribution < 1.29 is 19.1 Å². The largest absolute Gasteiger partial charge is 0.486 e. The van der Waals surface area contributed by atoms with Gasteiger partial charge in [0.25, 0.3) is 5.91 Å². The average Bonchev–Trinajstić information content (AvgIpc) is 2.88. The Kier molecular flexibility index (Phi) is 7.69. The third-order valence-corrected chi connectivity index (χ3v) is 5.59. The van der Waals surface area contributed by atoms with Crippen molar-refractivity contribution in [3.63, 3.8) is 0 Å². The Labute approximate surface area is 203 Å². The normalized spacial score (nSPS) is 12.9. The van der Waals surface area contributed by atoms with Gasteiger partial charge in [-0.3, -0.25) is 4.79 Å². The molecule has 35 heavy (non-hydrogen) atoms. The topological polar surface area (TPSA) is 141 Å².